The van der Waals surface area contributed by atoms with Gasteiger partial charge in [-0.15, -0.1) is 0 Å². The van der Waals surface area contributed by atoms with Gasteiger partial charge in [0, 0.05) is 17.3 Å². The van der Waals surface area contributed by atoms with E-state index in [1.807, 2.05) is 20.8 Å². The molecule has 0 spiro atoms. The Labute approximate surface area is 166 Å². The van der Waals surface area contributed by atoms with E-state index in [1.165, 1.54) is 6.20 Å². The average molecular weight is 404 g/mol. The first kappa shape index (κ1) is 20.9. The summed E-state index contributed by atoms with van der Waals surface area (Å²) in [6, 6.07) is 7.40. The zero-order chi connectivity index (χ0) is 21.3. The molecule has 2 aromatic heterocycles. The van der Waals surface area contributed by atoms with Crippen molar-refractivity contribution in [2.75, 3.05) is 5.32 Å². The van der Waals surface area contributed by atoms with Gasteiger partial charge in [-0.3, -0.25) is 4.79 Å². The minimum atomic E-state index is -4.48. The van der Waals surface area contributed by atoms with Crippen molar-refractivity contribution in [2.24, 2.45) is 11.7 Å². The predicted octanol–water partition coefficient (Wildman–Crippen LogP) is 4.87. The maximum Gasteiger partial charge on any atom is 0.431 e. The van der Waals surface area contributed by atoms with E-state index in [9.17, 15) is 18.0 Å². The number of rotatable bonds is 5. The number of fused-ring (bicyclic) bond motifs is 1. The van der Waals surface area contributed by atoms with Crippen LogP contribution in [0.1, 0.15) is 31.5 Å². The number of aryl methyl sites for hydroxylation is 1. The number of nitrogens with two attached hydrogens (primary N) is 1. The minimum Gasteiger partial charge on any atom is -0.336 e. The lowest BCUT2D eigenvalue weighted by atomic mass is 9.98. The number of hydrogen-bond acceptors (Lipinski definition) is 3. The molecule has 1 atom stereocenters. The van der Waals surface area contributed by atoms with Crippen molar-refractivity contribution < 1.29 is 18.0 Å². The third kappa shape index (κ3) is 4.59. The summed E-state index contributed by atoms with van der Waals surface area (Å²) in [5, 5.41) is 3.18. The highest BCUT2D eigenvalue weighted by Crippen LogP contribution is 2.36. The Morgan fingerprint density at radius 1 is 1.21 bits per heavy atom. The van der Waals surface area contributed by atoms with Crippen LogP contribution in [-0.2, 0) is 11.0 Å². The Morgan fingerprint density at radius 2 is 1.93 bits per heavy atom. The Morgan fingerprint density at radius 3 is 2.55 bits per heavy atom. The lowest BCUT2D eigenvalue weighted by molar-refractivity contribution is -0.140. The van der Waals surface area contributed by atoms with Crippen LogP contribution in [0.15, 0.2) is 36.5 Å². The first-order chi connectivity index (χ1) is 13.6. The fourth-order valence-electron chi connectivity index (χ4n) is 3.31. The minimum absolute atomic E-state index is 0.172. The fraction of sp³-hybridized carbons (Fsp3) is 0.333. The quantitative estimate of drug-likeness (QED) is 0.567. The summed E-state index contributed by atoms with van der Waals surface area (Å²) in [6.07, 6.45) is -2.43. The Balaban J connectivity index is 1.91. The molecule has 3 aromatic rings. The number of halogens is 3. The lowest BCUT2D eigenvalue weighted by Gasteiger charge is -2.15. The summed E-state index contributed by atoms with van der Waals surface area (Å²) in [7, 11) is 0. The second kappa shape index (κ2) is 7.87. The van der Waals surface area contributed by atoms with E-state index in [0.29, 0.717) is 29.0 Å². The monoisotopic (exact) mass is 404 g/mol. The highest BCUT2D eigenvalue weighted by atomic mass is 19.4. The van der Waals surface area contributed by atoms with Gasteiger partial charge in [0.2, 0.25) is 5.91 Å². The Bertz CT molecular complexity index is 1040. The second-order valence-electron chi connectivity index (χ2n) is 7.56. The summed E-state index contributed by atoms with van der Waals surface area (Å²) < 4.78 is 39.1. The molecule has 0 fully saturated rings. The topological polar surface area (TPSA) is 83.8 Å². The molecule has 0 bridgehead atoms. The number of pyridine rings is 1. The van der Waals surface area contributed by atoms with E-state index < -0.39 is 17.9 Å². The van der Waals surface area contributed by atoms with Gasteiger partial charge >= 0.3 is 6.18 Å². The number of H-pyrrole nitrogens is 1. The number of carbonyl (C=O) groups is 1. The molecular weight excluding hydrogens is 381 g/mol. The van der Waals surface area contributed by atoms with Crippen LogP contribution in [0, 0.1) is 12.8 Å². The smallest absolute Gasteiger partial charge is 0.336 e. The van der Waals surface area contributed by atoms with Gasteiger partial charge in [-0.05, 0) is 60.2 Å². The molecule has 0 radical (unpaired) electrons. The largest absolute Gasteiger partial charge is 0.431 e. The first-order valence-electron chi connectivity index (χ1n) is 9.28. The molecule has 3 rings (SSSR count). The van der Waals surface area contributed by atoms with E-state index in [1.54, 1.807) is 24.3 Å². The van der Waals surface area contributed by atoms with Gasteiger partial charge < -0.3 is 16.0 Å². The Kier molecular flexibility index (Phi) is 5.66. The van der Waals surface area contributed by atoms with Crippen LogP contribution < -0.4 is 11.1 Å². The van der Waals surface area contributed by atoms with Gasteiger partial charge in [0.05, 0.1) is 6.04 Å². The van der Waals surface area contributed by atoms with Crippen LogP contribution in [0.5, 0.6) is 0 Å². The van der Waals surface area contributed by atoms with Gasteiger partial charge in [-0.1, -0.05) is 19.9 Å². The average Bonchev–Trinajstić information content (AvgIpc) is 3.06. The van der Waals surface area contributed by atoms with Gasteiger partial charge in [0.25, 0.3) is 0 Å². The van der Waals surface area contributed by atoms with Crippen molar-refractivity contribution in [1.82, 2.24) is 9.97 Å². The molecular formula is C21H23F3N4O. The molecule has 1 aromatic carbocycles. The lowest BCUT2D eigenvalue weighted by Crippen LogP contribution is -2.36. The third-order valence-electron chi connectivity index (χ3n) is 4.68. The normalized spacial score (nSPS) is 13.1. The Hall–Kier alpha value is -2.87. The number of hydrogen-bond donors (Lipinski definition) is 3. The van der Waals surface area contributed by atoms with Crippen molar-refractivity contribution in [3.63, 3.8) is 0 Å². The van der Waals surface area contributed by atoms with Gasteiger partial charge in [-0.2, -0.15) is 13.2 Å². The van der Waals surface area contributed by atoms with Crippen molar-refractivity contribution in [1.29, 1.82) is 0 Å². The zero-order valence-corrected chi connectivity index (χ0v) is 16.4. The predicted molar refractivity (Wildman–Crippen MR) is 107 cm³/mol. The molecule has 4 N–H and O–H groups in total. The summed E-state index contributed by atoms with van der Waals surface area (Å²) in [4.78, 5) is 18.6. The number of nitrogens with one attached hydrogen (secondary N) is 2. The van der Waals surface area contributed by atoms with Crippen LogP contribution in [0.3, 0.4) is 0 Å². The number of nitrogens with zero attached hydrogens (tertiary/aromatic N) is 1. The number of aromatic nitrogens is 2. The molecule has 1 amide bonds. The summed E-state index contributed by atoms with van der Waals surface area (Å²) in [6.45, 7) is 5.82. The molecule has 0 aliphatic rings. The van der Waals surface area contributed by atoms with Crippen LogP contribution in [0.25, 0.3) is 22.2 Å². The maximum atomic E-state index is 13.0. The number of aromatic amines is 1. The molecule has 0 aliphatic heterocycles. The van der Waals surface area contributed by atoms with Gasteiger partial charge in [0.15, 0.2) is 0 Å². The van der Waals surface area contributed by atoms with E-state index in [-0.39, 0.29) is 11.6 Å². The second-order valence-corrected chi connectivity index (χ2v) is 7.56. The number of amides is 1. The first-order valence-corrected chi connectivity index (χ1v) is 9.28. The highest BCUT2D eigenvalue weighted by molar-refractivity contribution is 5.97. The highest BCUT2D eigenvalue weighted by Gasteiger charge is 2.33. The van der Waals surface area contributed by atoms with Crippen LogP contribution in [-0.4, -0.2) is 21.9 Å². The van der Waals surface area contributed by atoms with Crippen molar-refractivity contribution in [2.45, 2.75) is 39.4 Å². The van der Waals surface area contributed by atoms with Crippen molar-refractivity contribution >= 4 is 22.6 Å². The van der Waals surface area contributed by atoms with Gasteiger partial charge in [-0.25, -0.2) is 4.98 Å². The molecule has 8 heteroatoms. The van der Waals surface area contributed by atoms with Crippen LogP contribution in [0.4, 0.5) is 18.9 Å². The number of alkyl halides is 3. The van der Waals surface area contributed by atoms with Gasteiger partial charge in [0.1, 0.15) is 11.3 Å². The molecule has 0 unspecified atom stereocenters. The SMILES string of the molecule is Cc1cc(NC(=O)[C@H](N)CC(C)C)ccc1-c1ccnc2[nH]c(C(F)(F)F)cc12. The van der Waals surface area contributed by atoms with E-state index in [0.717, 1.165) is 17.2 Å². The van der Waals surface area contributed by atoms with E-state index >= 15 is 0 Å². The molecule has 0 saturated carbocycles. The number of benzene rings is 1. The summed E-state index contributed by atoms with van der Waals surface area (Å²) in [5.74, 6) is 0.0366. The maximum absolute atomic E-state index is 13.0. The standard InChI is InChI=1S/C21H23F3N4O/c1-11(2)8-17(25)20(29)27-13-4-5-14(12(3)9-13)15-6-7-26-19-16(15)10-18(28-19)21(22,23)24/h4-7,9-11,17H,8,25H2,1-3H3,(H,26,28)(H,27,29)/t17-/m1/s1. The van der Waals surface area contributed by atoms with Crippen molar-refractivity contribution in [3.05, 3.63) is 47.8 Å². The molecule has 29 heavy (non-hydrogen) atoms. The number of carbonyl (C=O) groups excluding carboxylic acids is 1. The van der Waals surface area contributed by atoms with Crippen LogP contribution in [0.2, 0.25) is 0 Å². The third-order valence-corrected chi connectivity index (χ3v) is 4.68. The van der Waals surface area contributed by atoms with Crippen molar-refractivity contribution in [3.8, 4) is 11.1 Å². The summed E-state index contributed by atoms with van der Waals surface area (Å²) in [5.41, 5.74) is 8.03. The molecule has 154 valence electrons. The van der Waals surface area contributed by atoms with E-state index in [4.69, 9.17) is 5.73 Å². The summed E-state index contributed by atoms with van der Waals surface area (Å²) >= 11 is 0. The fourth-order valence-corrected chi connectivity index (χ4v) is 3.31. The molecule has 2 heterocycles. The molecule has 0 saturated heterocycles. The van der Waals surface area contributed by atoms with Crippen LogP contribution >= 0.6 is 0 Å². The molecule has 5 nitrogen and oxygen atoms in total. The molecule has 0 aliphatic carbocycles. The number of anilines is 1. The zero-order valence-electron chi connectivity index (χ0n) is 16.4. The van der Waals surface area contributed by atoms with E-state index in [2.05, 4.69) is 15.3 Å².